The molecular formula is C41H60O2. The van der Waals surface area contributed by atoms with Crippen LogP contribution in [0.25, 0.3) is 0 Å². The molecule has 43 heavy (non-hydrogen) atoms. The van der Waals surface area contributed by atoms with Gasteiger partial charge in [-0.05, 0) is 101 Å². The van der Waals surface area contributed by atoms with Crippen molar-refractivity contribution in [1.29, 1.82) is 0 Å². The fourth-order valence-electron chi connectivity index (χ4n) is 5.13. The number of rotatable bonds is 15. The van der Waals surface area contributed by atoms with Crippen LogP contribution in [0.3, 0.4) is 0 Å². The molecule has 0 heterocycles. The van der Waals surface area contributed by atoms with Crippen molar-refractivity contribution >= 4 is 0 Å². The minimum Gasteiger partial charge on any atom is -0.390 e. The van der Waals surface area contributed by atoms with Crippen LogP contribution < -0.4 is 0 Å². The fourth-order valence-corrected chi connectivity index (χ4v) is 5.13. The van der Waals surface area contributed by atoms with Crippen molar-refractivity contribution in [3.05, 3.63) is 131 Å². The van der Waals surface area contributed by atoms with E-state index in [9.17, 15) is 5.11 Å². The van der Waals surface area contributed by atoms with Crippen LogP contribution in [0.4, 0.5) is 0 Å². The Kier molecular flexibility index (Phi) is 17.1. The number of ether oxygens (including phenoxy) is 1. The van der Waals surface area contributed by atoms with E-state index < -0.39 is 5.60 Å². The van der Waals surface area contributed by atoms with Crippen LogP contribution in [0.2, 0.25) is 0 Å². The van der Waals surface area contributed by atoms with Gasteiger partial charge in [0.1, 0.15) is 0 Å². The molecule has 0 bridgehead atoms. The first kappa shape index (κ1) is 38.1. The Labute approximate surface area is 265 Å². The van der Waals surface area contributed by atoms with Crippen molar-refractivity contribution in [2.45, 2.75) is 106 Å². The average Bonchev–Trinajstić information content (AvgIpc) is 3.24. The Morgan fingerprint density at radius 2 is 1.21 bits per heavy atom. The van der Waals surface area contributed by atoms with E-state index in [4.69, 9.17) is 4.74 Å². The SMILES string of the molecule is COC(C)(C)[C@@H]1CC[C@](C)(O)[C@@H]1/C=C/C(C)=C/C=C/C(C)=C/C=C/C=C(C)/C=C/C=C(C)/C=C/C=C(\C)CCC=C(C)C. The maximum Gasteiger partial charge on any atom is 0.0686 e. The third-order valence-corrected chi connectivity index (χ3v) is 8.20. The lowest BCUT2D eigenvalue weighted by Crippen LogP contribution is -2.40. The lowest BCUT2D eigenvalue weighted by molar-refractivity contribution is -0.0566. The van der Waals surface area contributed by atoms with Crippen LogP contribution in [0, 0.1) is 11.8 Å². The van der Waals surface area contributed by atoms with Crippen LogP contribution >= 0.6 is 0 Å². The van der Waals surface area contributed by atoms with Crippen molar-refractivity contribution < 1.29 is 9.84 Å². The van der Waals surface area contributed by atoms with Gasteiger partial charge in [0.15, 0.2) is 0 Å². The topological polar surface area (TPSA) is 29.5 Å². The number of methoxy groups -OCH3 is 1. The molecule has 0 amide bonds. The van der Waals surface area contributed by atoms with Crippen molar-refractivity contribution in [1.82, 2.24) is 0 Å². The van der Waals surface area contributed by atoms with Gasteiger partial charge in [0.2, 0.25) is 0 Å². The zero-order chi connectivity index (χ0) is 32.5. The van der Waals surface area contributed by atoms with Gasteiger partial charge >= 0.3 is 0 Å². The summed E-state index contributed by atoms with van der Waals surface area (Å²) in [6, 6.07) is 0. The Balaban J connectivity index is 2.64. The molecule has 1 N–H and O–H groups in total. The van der Waals surface area contributed by atoms with Crippen molar-refractivity contribution in [2.75, 3.05) is 7.11 Å². The summed E-state index contributed by atoms with van der Waals surface area (Å²) in [6.07, 6.45) is 38.1. The summed E-state index contributed by atoms with van der Waals surface area (Å²) in [4.78, 5) is 0. The van der Waals surface area contributed by atoms with Gasteiger partial charge in [0, 0.05) is 13.0 Å². The maximum absolute atomic E-state index is 11.0. The van der Waals surface area contributed by atoms with Crippen LogP contribution in [0.5, 0.6) is 0 Å². The van der Waals surface area contributed by atoms with E-state index >= 15 is 0 Å². The molecule has 3 atom stereocenters. The quantitative estimate of drug-likeness (QED) is 0.153. The molecule has 2 nitrogen and oxygen atoms in total. The smallest absolute Gasteiger partial charge is 0.0686 e. The largest absolute Gasteiger partial charge is 0.390 e. The molecule has 0 aromatic heterocycles. The molecule has 0 spiro atoms. The molecule has 1 fully saturated rings. The first-order valence-corrected chi connectivity index (χ1v) is 15.8. The van der Waals surface area contributed by atoms with Crippen molar-refractivity contribution in [2.24, 2.45) is 11.8 Å². The third-order valence-electron chi connectivity index (χ3n) is 8.20. The average molecular weight is 585 g/mol. The summed E-state index contributed by atoms with van der Waals surface area (Å²) in [7, 11) is 1.76. The second kappa shape index (κ2) is 19.4. The molecule has 1 aliphatic rings. The van der Waals surface area contributed by atoms with E-state index in [0.717, 1.165) is 31.3 Å². The first-order chi connectivity index (χ1) is 20.2. The van der Waals surface area contributed by atoms with Crippen molar-refractivity contribution in [3.8, 4) is 0 Å². The predicted molar refractivity (Wildman–Crippen MR) is 191 cm³/mol. The molecule has 1 rings (SSSR count). The second-order valence-electron chi connectivity index (χ2n) is 13.1. The highest BCUT2D eigenvalue weighted by atomic mass is 16.5. The predicted octanol–water partition coefficient (Wildman–Crippen LogP) is 11.4. The van der Waals surface area contributed by atoms with E-state index in [1.807, 2.05) is 6.92 Å². The van der Waals surface area contributed by atoms with Gasteiger partial charge in [0.05, 0.1) is 11.2 Å². The molecule has 0 radical (unpaired) electrons. The van der Waals surface area contributed by atoms with E-state index in [2.05, 4.69) is 160 Å². The Morgan fingerprint density at radius 3 is 1.70 bits per heavy atom. The van der Waals surface area contributed by atoms with Gasteiger partial charge in [-0.2, -0.15) is 0 Å². The molecule has 0 aromatic carbocycles. The Bertz CT molecular complexity index is 1210. The highest BCUT2D eigenvalue weighted by molar-refractivity contribution is 5.32. The minimum atomic E-state index is -0.698. The zero-order valence-electron chi connectivity index (χ0n) is 29.1. The highest BCUT2D eigenvalue weighted by Gasteiger charge is 2.48. The van der Waals surface area contributed by atoms with Gasteiger partial charge < -0.3 is 9.84 Å². The number of hydrogen-bond donors (Lipinski definition) is 1. The summed E-state index contributed by atoms with van der Waals surface area (Å²) >= 11 is 0. The molecule has 1 aliphatic carbocycles. The highest BCUT2D eigenvalue weighted by Crippen LogP contribution is 2.47. The number of hydrogen-bond acceptors (Lipinski definition) is 2. The maximum atomic E-state index is 11.0. The molecule has 0 unspecified atom stereocenters. The fraction of sp³-hybridized carbons (Fsp3) is 0.463. The van der Waals surface area contributed by atoms with Gasteiger partial charge in [-0.25, -0.2) is 0 Å². The zero-order valence-corrected chi connectivity index (χ0v) is 29.1. The standard InChI is InChI=1S/C41H60O2/c1-32(2)18-14-21-35(5)24-16-26-36(6)25-15-22-33(3)19-12-13-20-34(4)23-17-27-37(7)28-29-39-38(40(8,9)43-11)30-31-41(39,10)42/h12-13,15-20,22-29,38-39,42H,14,21,30-31H2,1-11H3/b13-12+,22-15+,23-17+,26-16+,29-28+,33-19+,34-20+,35-24+,36-25+,37-27+/t38-,39-,41+/m1/s1. The normalized spacial score (nSPS) is 23.8. The summed E-state index contributed by atoms with van der Waals surface area (Å²) < 4.78 is 5.76. The molecule has 0 saturated heterocycles. The molecule has 2 heteroatoms. The van der Waals surface area contributed by atoms with Crippen LogP contribution in [-0.2, 0) is 4.74 Å². The molecule has 0 aliphatic heterocycles. The van der Waals surface area contributed by atoms with E-state index in [-0.39, 0.29) is 11.5 Å². The summed E-state index contributed by atoms with van der Waals surface area (Å²) in [5.41, 5.74) is 6.58. The van der Waals surface area contributed by atoms with Crippen LogP contribution in [-0.4, -0.2) is 23.4 Å². The Hall–Kier alpha value is -2.94. The molecule has 236 valence electrons. The second-order valence-corrected chi connectivity index (χ2v) is 13.1. The summed E-state index contributed by atoms with van der Waals surface area (Å²) in [5.74, 6) is 0.365. The number of allylic oxidation sites excluding steroid dienone is 21. The third kappa shape index (κ3) is 15.9. The lowest BCUT2D eigenvalue weighted by Gasteiger charge is -2.36. The van der Waals surface area contributed by atoms with E-state index in [0.29, 0.717) is 5.92 Å². The van der Waals surface area contributed by atoms with Crippen LogP contribution in [0.1, 0.15) is 94.9 Å². The molecular weight excluding hydrogens is 524 g/mol. The first-order valence-electron chi connectivity index (χ1n) is 15.8. The van der Waals surface area contributed by atoms with Gasteiger partial charge in [-0.15, -0.1) is 0 Å². The van der Waals surface area contributed by atoms with E-state index in [1.165, 1.54) is 27.9 Å². The molecule has 1 saturated carbocycles. The molecule has 0 aromatic rings. The number of aliphatic hydroxyl groups is 1. The van der Waals surface area contributed by atoms with E-state index in [1.54, 1.807) is 7.11 Å². The minimum absolute atomic E-state index is 0.0733. The Morgan fingerprint density at radius 1 is 0.744 bits per heavy atom. The van der Waals surface area contributed by atoms with Gasteiger partial charge in [-0.3, -0.25) is 0 Å². The lowest BCUT2D eigenvalue weighted by atomic mass is 9.78. The summed E-state index contributed by atoms with van der Waals surface area (Å²) in [6.45, 7) is 21.1. The van der Waals surface area contributed by atoms with Gasteiger partial charge in [0.25, 0.3) is 0 Å². The van der Waals surface area contributed by atoms with Gasteiger partial charge in [-0.1, -0.05) is 131 Å². The monoisotopic (exact) mass is 584 g/mol. The van der Waals surface area contributed by atoms with Crippen molar-refractivity contribution in [3.63, 3.8) is 0 Å². The summed E-state index contributed by atoms with van der Waals surface area (Å²) in [5, 5.41) is 11.0. The van der Waals surface area contributed by atoms with Crippen LogP contribution in [0.15, 0.2) is 131 Å².